The lowest BCUT2D eigenvalue weighted by Crippen LogP contribution is -2.27. The lowest BCUT2D eigenvalue weighted by Gasteiger charge is -2.25. The van der Waals surface area contributed by atoms with Crippen molar-refractivity contribution >= 4 is 28.9 Å². The summed E-state index contributed by atoms with van der Waals surface area (Å²) in [5.41, 5.74) is 2.48. The monoisotopic (exact) mass is 273 g/mol. The Hall–Kier alpha value is -0.600. The van der Waals surface area contributed by atoms with E-state index < -0.39 is 0 Å². The van der Waals surface area contributed by atoms with Crippen molar-refractivity contribution < 1.29 is 4.74 Å². The summed E-state index contributed by atoms with van der Waals surface area (Å²) >= 11 is 11.6. The molecule has 1 aromatic rings. The van der Waals surface area contributed by atoms with Crippen molar-refractivity contribution in [1.29, 1.82) is 0 Å². The molecule has 0 spiro atoms. The largest absolute Gasteiger partial charge is 0.493 e. The number of hydrogen-bond donors (Lipinski definition) is 0. The van der Waals surface area contributed by atoms with Crippen molar-refractivity contribution in [2.45, 2.75) is 12.8 Å². The number of benzene rings is 1. The van der Waals surface area contributed by atoms with Crippen LogP contribution < -0.4 is 9.64 Å². The normalized spacial score (nSPS) is 14.0. The minimum Gasteiger partial charge on any atom is -0.493 e. The van der Waals surface area contributed by atoms with Gasteiger partial charge in [0.15, 0.2) is 0 Å². The van der Waals surface area contributed by atoms with E-state index in [4.69, 9.17) is 27.9 Å². The van der Waals surface area contributed by atoms with Crippen LogP contribution in [0, 0.1) is 0 Å². The van der Waals surface area contributed by atoms with E-state index in [1.807, 2.05) is 0 Å². The molecule has 1 heterocycles. The highest BCUT2D eigenvalue weighted by Crippen LogP contribution is 2.29. The highest BCUT2D eigenvalue weighted by atomic mass is 35.5. The molecule has 2 rings (SSSR count). The van der Waals surface area contributed by atoms with Gasteiger partial charge in [0.2, 0.25) is 0 Å². The third-order valence-electron chi connectivity index (χ3n) is 2.97. The third kappa shape index (κ3) is 3.20. The molecule has 1 aliphatic rings. The minimum atomic E-state index is 0.616. The Morgan fingerprint density at radius 2 is 1.94 bits per heavy atom. The molecule has 0 saturated heterocycles. The van der Waals surface area contributed by atoms with E-state index in [0.717, 1.165) is 38.3 Å². The van der Waals surface area contributed by atoms with Crippen LogP contribution in [-0.4, -0.2) is 31.5 Å². The number of nitrogens with zero attached hydrogens (tertiary/aromatic N) is 1. The molecule has 1 aromatic carbocycles. The van der Waals surface area contributed by atoms with Crippen LogP contribution in [0.15, 0.2) is 18.2 Å². The summed E-state index contributed by atoms with van der Waals surface area (Å²) in [6.07, 6.45) is 2.19. The maximum absolute atomic E-state index is 5.82. The Balaban J connectivity index is 2.18. The van der Waals surface area contributed by atoms with Gasteiger partial charge in [-0.25, -0.2) is 0 Å². The number of hydrogen-bond acceptors (Lipinski definition) is 2. The lowest BCUT2D eigenvalue weighted by atomic mass is 10.1. The highest BCUT2D eigenvalue weighted by Gasteiger charge is 2.13. The zero-order valence-electron chi connectivity index (χ0n) is 9.79. The Bertz CT molecular complexity index is 364. The number of alkyl halides is 2. The molecule has 2 nitrogen and oxygen atoms in total. The van der Waals surface area contributed by atoms with Crippen LogP contribution in [0.4, 0.5) is 5.69 Å². The Morgan fingerprint density at radius 3 is 2.65 bits per heavy atom. The van der Waals surface area contributed by atoms with E-state index in [1.165, 1.54) is 11.3 Å². The van der Waals surface area contributed by atoms with Crippen LogP contribution in [0.1, 0.15) is 12.0 Å². The SMILES string of the molecule is ClCCN(CCCl)c1ccc2c(c1)CCCO2. The Kier molecular flexibility index (Phi) is 4.81. The number of aryl methyl sites for hydroxylation is 1. The van der Waals surface area contributed by atoms with Gasteiger partial charge in [-0.2, -0.15) is 0 Å². The van der Waals surface area contributed by atoms with Gasteiger partial charge in [0, 0.05) is 30.5 Å². The van der Waals surface area contributed by atoms with Crippen LogP contribution in [0.3, 0.4) is 0 Å². The summed E-state index contributed by atoms with van der Waals surface area (Å²) in [5, 5.41) is 0. The van der Waals surface area contributed by atoms with Gasteiger partial charge in [-0.3, -0.25) is 0 Å². The summed E-state index contributed by atoms with van der Waals surface area (Å²) < 4.78 is 5.61. The minimum absolute atomic E-state index is 0.616. The summed E-state index contributed by atoms with van der Waals surface area (Å²) in [7, 11) is 0. The summed E-state index contributed by atoms with van der Waals surface area (Å²) in [6.45, 7) is 2.49. The van der Waals surface area contributed by atoms with Crippen LogP contribution in [0.25, 0.3) is 0 Å². The molecule has 0 saturated carbocycles. The van der Waals surface area contributed by atoms with E-state index in [9.17, 15) is 0 Å². The topological polar surface area (TPSA) is 12.5 Å². The first-order valence-corrected chi connectivity index (χ1v) is 7.04. The molecule has 0 bridgehead atoms. The molecule has 0 N–H and O–H groups in total. The van der Waals surface area contributed by atoms with Gasteiger partial charge in [-0.1, -0.05) is 0 Å². The quantitative estimate of drug-likeness (QED) is 0.764. The molecule has 0 amide bonds. The second-order valence-corrected chi connectivity index (χ2v) is 4.86. The van der Waals surface area contributed by atoms with E-state index in [2.05, 4.69) is 23.1 Å². The van der Waals surface area contributed by atoms with Gasteiger partial charge in [-0.05, 0) is 36.6 Å². The maximum atomic E-state index is 5.82. The predicted molar refractivity (Wildman–Crippen MR) is 73.9 cm³/mol. The molecular formula is C13H17Cl2NO. The molecule has 4 heteroatoms. The fourth-order valence-electron chi connectivity index (χ4n) is 2.12. The van der Waals surface area contributed by atoms with Gasteiger partial charge >= 0.3 is 0 Å². The first-order chi connectivity index (χ1) is 8.35. The van der Waals surface area contributed by atoms with Gasteiger partial charge in [-0.15, -0.1) is 23.2 Å². The Morgan fingerprint density at radius 1 is 1.18 bits per heavy atom. The van der Waals surface area contributed by atoms with Crippen molar-refractivity contribution in [2.24, 2.45) is 0 Å². The summed E-state index contributed by atoms with van der Waals surface area (Å²) in [4.78, 5) is 2.22. The van der Waals surface area contributed by atoms with Crippen molar-refractivity contribution in [1.82, 2.24) is 0 Å². The number of ether oxygens (including phenoxy) is 1. The lowest BCUT2D eigenvalue weighted by molar-refractivity contribution is 0.288. The van der Waals surface area contributed by atoms with Gasteiger partial charge in [0.05, 0.1) is 6.61 Å². The summed E-state index contributed by atoms with van der Waals surface area (Å²) in [5.74, 6) is 2.26. The van der Waals surface area contributed by atoms with Gasteiger partial charge < -0.3 is 9.64 Å². The summed E-state index contributed by atoms with van der Waals surface area (Å²) in [6, 6.07) is 6.34. The molecule has 0 aromatic heterocycles. The van der Waals surface area contributed by atoms with E-state index in [-0.39, 0.29) is 0 Å². The van der Waals surface area contributed by atoms with E-state index >= 15 is 0 Å². The number of halogens is 2. The van der Waals surface area contributed by atoms with Crippen molar-refractivity contribution in [3.8, 4) is 5.75 Å². The van der Waals surface area contributed by atoms with Crippen LogP contribution >= 0.6 is 23.2 Å². The molecule has 0 radical (unpaired) electrons. The predicted octanol–water partition coefficient (Wildman–Crippen LogP) is 3.30. The highest BCUT2D eigenvalue weighted by molar-refractivity contribution is 6.18. The van der Waals surface area contributed by atoms with Gasteiger partial charge in [0.1, 0.15) is 5.75 Å². The molecule has 17 heavy (non-hydrogen) atoms. The molecular weight excluding hydrogens is 257 g/mol. The second kappa shape index (κ2) is 6.36. The molecule has 1 aliphatic heterocycles. The Labute approximate surface area is 112 Å². The molecule has 94 valence electrons. The van der Waals surface area contributed by atoms with Crippen LogP contribution in [0.2, 0.25) is 0 Å². The average molecular weight is 274 g/mol. The fourth-order valence-corrected chi connectivity index (χ4v) is 2.53. The standard InChI is InChI=1S/C13H17Cl2NO/c14-5-7-16(8-6-15)12-3-4-13-11(10-12)2-1-9-17-13/h3-4,10H,1-2,5-9H2. The van der Waals surface area contributed by atoms with E-state index in [0.29, 0.717) is 11.8 Å². The van der Waals surface area contributed by atoms with Crippen molar-refractivity contribution in [3.63, 3.8) is 0 Å². The van der Waals surface area contributed by atoms with Crippen LogP contribution in [-0.2, 0) is 6.42 Å². The van der Waals surface area contributed by atoms with Gasteiger partial charge in [0.25, 0.3) is 0 Å². The maximum Gasteiger partial charge on any atom is 0.122 e. The average Bonchev–Trinajstić information content (AvgIpc) is 2.38. The second-order valence-electron chi connectivity index (χ2n) is 4.11. The number of rotatable bonds is 5. The van der Waals surface area contributed by atoms with Crippen LogP contribution in [0.5, 0.6) is 5.75 Å². The van der Waals surface area contributed by atoms with Crippen molar-refractivity contribution in [2.75, 3.05) is 36.4 Å². The number of anilines is 1. The molecule has 0 aliphatic carbocycles. The van der Waals surface area contributed by atoms with E-state index in [1.54, 1.807) is 0 Å². The molecule has 0 unspecified atom stereocenters. The first-order valence-electron chi connectivity index (χ1n) is 5.97. The van der Waals surface area contributed by atoms with Crippen molar-refractivity contribution in [3.05, 3.63) is 23.8 Å². The third-order valence-corrected chi connectivity index (χ3v) is 3.30. The zero-order chi connectivity index (χ0) is 12.1. The smallest absolute Gasteiger partial charge is 0.122 e. The number of fused-ring (bicyclic) bond motifs is 1. The fraction of sp³-hybridized carbons (Fsp3) is 0.538. The molecule has 0 fully saturated rings. The molecule has 0 atom stereocenters. The first kappa shape index (κ1) is 12.8. The zero-order valence-corrected chi connectivity index (χ0v) is 11.3.